The Bertz CT molecular complexity index is 1130. The number of rotatable bonds is 4. The fraction of sp³-hybridized carbons (Fsp3) is 0.263. The quantitative estimate of drug-likeness (QED) is 0.541. The molecule has 0 atom stereocenters. The Morgan fingerprint density at radius 1 is 0.929 bits per heavy atom. The van der Waals surface area contributed by atoms with E-state index in [-0.39, 0.29) is 16.8 Å². The van der Waals surface area contributed by atoms with Gasteiger partial charge in [-0.25, -0.2) is 4.68 Å². The first-order valence-electron chi connectivity index (χ1n) is 8.96. The summed E-state index contributed by atoms with van der Waals surface area (Å²) >= 11 is 0. The summed E-state index contributed by atoms with van der Waals surface area (Å²) in [5.41, 5.74) is 0.510. The highest BCUT2D eigenvalue weighted by atomic mass is 16.6. The van der Waals surface area contributed by atoms with Gasteiger partial charge in [0.25, 0.3) is 16.8 Å². The maximum Gasteiger partial charge on any atom is 0.274 e. The number of anilines is 1. The molecule has 0 aliphatic carbocycles. The van der Waals surface area contributed by atoms with E-state index in [4.69, 9.17) is 0 Å². The van der Waals surface area contributed by atoms with Crippen LogP contribution < -0.4 is 16.0 Å². The highest BCUT2D eigenvalue weighted by molar-refractivity contribution is 5.80. The number of nitro benzene ring substituents is 1. The molecule has 1 aliphatic rings. The average Bonchev–Trinajstić information content (AvgIpc) is 2.72. The van der Waals surface area contributed by atoms with E-state index in [1.54, 1.807) is 36.4 Å². The lowest BCUT2D eigenvalue weighted by Gasteiger charge is -2.36. The number of H-pyrrole nitrogens is 1. The van der Waals surface area contributed by atoms with Crippen molar-refractivity contribution in [2.24, 2.45) is 0 Å². The summed E-state index contributed by atoms with van der Waals surface area (Å²) in [7, 11) is 0. The third kappa shape index (κ3) is 3.39. The smallest absolute Gasteiger partial charge is 0.274 e. The van der Waals surface area contributed by atoms with Gasteiger partial charge in [-0.2, -0.15) is 0 Å². The number of hydrogen-bond donors (Lipinski definition) is 1. The number of benzene rings is 2. The summed E-state index contributed by atoms with van der Waals surface area (Å²) in [6, 6.07) is 13.3. The van der Waals surface area contributed by atoms with Crippen LogP contribution in [0.15, 0.2) is 58.1 Å². The average molecular weight is 381 g/mol. The number of nitrogens with one attached hydrogen (secondary N) is 1. The zero-order chi connectivity index (χ0) is 19.7. The molecule has 144 valence electrons. The number of fused-ring (bicyclic) bond motifs is 1. The summed E-state index contributed by atoms with van der Waals surface area (Å²) in [5.74, 6) is 0. The van der Waals surface area contributed by atoms with Crippen molar-refractivity contribution in [3.63, 3.8) is 0 Å². The third-order valence-corrected chi connectivity index (χ3v) is 5.02. The van der Waals surface area contributed by atoms with Crippen LogP contribution in [-0.2, 0) is 6.67 Å². The van der Waals surface area contributed by atoms with E-state index in [9.17, 15) is 19.7 Å². The second kappa shape index (κ2) is 7.28. The van der Waals surface area contributed by atoms with Crippen molar-refractivity contribution in [1.29, 1.82) is 0 Å². The molecule has 1 aromatic heterocycles. The number of nitrogens with zero attached hydrogens (tertiary/aromatic N) is 4. The number of aromatic nitrogens is 2. The van der Waals surface area contributed by atoms with E-state index in [1.165, 1.54) is 16.8 Å². The van der Waals surface area contributed by atoms with Crippen molar-refractivity contribution >= 4 is 22.1 Å². The fourth-order valence-corrected chi connectivity index (χ4v) is 3.48. The molecule has 28 heavy (non-hydrogen) atoms. The van der Waals surface area contributed by atoms with Gasteiger partial charge in [-0.1, -0.05) is 12.1 Å². The lowest BCUT2D eigenvalue weighted by Crippen LogP contribution is -2.48. The topological polar surface area (TPSA) is 104 Å². The lowest BCUT2D eigenvalue weighted by molar-refractivity contribution is -0.384. The number of piperazine rings is 1. The molecule has 0 spiro atoms. The van der Waals surface area contributed by atoms with Gasteiger partial charge in [-0.15, -0.1) is 0 Å². The van der Waals surface area contributed by atoms with Gasteiger partial charge >= 0.3 is 0 Å². The van der Waals surface area contributed by atoms with Gasteiger partial charge in [0, 0.05) is 44.0 Å². The Morgan fingerprint density at radius 3 is 2.21 bits per heavy atom. The highest BCUT2D eigenvalue weighted by Crippen LogP contribution is 2.20. The van der Waals surface area contributed by atoms with Crippen LogP contribution in [0, 0.1) is 10.1 Å². The fourth-order valence-electron chi connectivity index (χ4n) is 3.48. The van der Waals surface area contributed by atoms with E-state index in [0.29, 0.717) is 30.5 Å². The van der Waals surface area contributed by atoms with Gasteiger partial charge in [0.15, 0.2) is 0 Å². The first-order chi connectivity index (χ1) is 13.5. The zero-order valence-electron chi connectivity index (χ0n) is 15.1. The number of nitro groups is 1. The maximum atomic E-state index is 12.6. The number of non-ortho nitro benzene ring substituents is 1. The Hall–Kier alpha value is -3.46. The normalized spacial score (nSPS) is 15.1. The molecule has 2 heterocycles. The molecule has 1 fully saturated rings. The lowest BCUT2D eigenvalue weighted by atomic mass is 10.2. The van der Waals surface area contributed by atoms with Crippen LogP contribution in [0.25, 0.3) is 10.8 Å². The van der Waals surface area contributed by atoms with E-state index >= 15 is 0 Å². The molecule has 1 saturated heterocycles. The van der Waals surface area contributed by atoms with Crippen LogP contribution in [0.1, 0.15) is 0 Å². The summed E-state index contributed by atoms with van der Waals surface area (Å²) in [6.07, 6.45) is 0. The SMILES string of the molecule is O=c1[nH]n(CN2CCN(c3ccc([N+](=O)[O-])cc3)CC2)c(=O)c2ccccc12. The van der Waals surface area contributed by atoms with Crippen LogP contribution in [0.3, 0.4) is 0 Å². The van der Waals surface area contributed by atoms with Gasteiger partial charge in [0.2, 0.25) is 0 Å². The summed E-state index contributed by atoms with van der Waals surface area (Å²) in [6.45, 7) is 3.18. The maximum absolute atomic E-state index is 12.6. The monoisotopic (exact) mass is 381 g/mol. The van der Waals surface area contributed by atoms with Crippen molar-refractivity contribution in [3.05, 3.63) is 79.4 Å². The first-order valence-corrected chi connectivity index (χ1v) is 8.96. The predicted molar refractivity (Wildman–Crippen MR) is 106 cm³/mol. The molecule has 0 unspecified atom stereocenters. The van der Waals surface area contributed by atoms with Gasteiger partial charge in [0.1, 0.15) is 0 Å². The summed E-state index contributed by atoms with van der Waals surface area (Å²) in [5, 5.41) is 14.2. The van der Waals surface area contributed by atoms with Gasteiger partial charge in [-0.05, 0) is 24.3 Å². The third-order valence-electron chi connectivity index (χ3n) is 5.02. The van der Waals surface area contributed by atoms with Crippen molar-refractivity contribution in [2.45, 2.75) is 6.67 Å². The Kier molecular flexibility index (Phi) is 4.66. The minimum atomic E-state index is -0.413. The van der Waals surface area contributed by atoms with Gasteiger partial charge in [-0.3, -0.25) is 29.7 Å². The van der Waals surface area contributed by atoms with Crippen molar-refractivity contribution in [2.75, 3.05) is 31.1 Å². The van der Waals surface area contributed by atoms with E-state index in [1.807, 2.05) is 0 Å². The molecule has 0 bridgehead atoms. The molecule has 3 aromatic rings. The van der Waals surface area contributed by atoms with Gasteiger partial charge in [0.05, 0.1) is 22.4 Å². The van der Waals surface area contributed by atoms with Crippen molar-refractivity contribution in [3.8, 4) is 0 Å². The highest BCUT2D eigenvalue weighted by Gasteiger charge is 2.19. The van der Waals surface area contributed by atoms with E-state index in [2.05, 4.69) is 14.9 Å². The Balaban J connectivity index is 1.45. The standard InChI is InChI=1S/C19H19N5O4/c25-18-16-3-1-2-4-17(16)19(26)23(20-18)13-21-9-11-22(12-10-21)14-5-7-15(8-6-14)24(27)28/h1-8H,9-13H2,(H,20,25). The van der Waals surface area contributed by atoms with E-state index in [0.717, 1.165) is 18.8 Å². The molecule has 2 aromatic carbocycles. The largest absolute Gasteiger partial charge is 0.369 e. The van der Waals surface area contributed by atoms with Crippen LogP contribution in [0.2, 0.25) is 0 Å². The minimum Gasteiger partial charge on any atom is -0.369 e. The zero-order valence-corrected chi connectivity index (χ0v) is 15.1. The Labute approximate surface area is 159 Å². The molecular formula is C19H19N5O4. The predicted octanol–water partition coefficient (Wildman–Crippen LogP) is 1.38. The van der Waals surface area contributed by atoms with Crippen molar-refractivity contribution < 1.29 is 4.92 Å². The Morgan fingerprint density at radius 2 is 1.57 bits per heavy atom. The minimum absolute atomic E-state index is 0.0713. The van der Waals surface area contributed by atoms with Crippen LogP contribution in [-0.4, -0.2) is 45.8 Å². The molecule has 0 amide bonds. The summed E-state index contributed by atoms with van der Waals surface area (Å²) < 4.78 is 1.35. The molecule has 9 heteroatoms. The van der Waals surface area contributed by atoms with Crippen LogP contribution in [0.4, 0.5) is 11.4 Å². The van der Waals surface area contributed by atoms with Crippen molar-refractivity contribution in [1.82, 2.24) is 14.7 Å². The first kappa shape index (κ1) is 17.9. The molecule has 1 aliphatic heterocycles. The molecular weight excluding hydrogens is 362 g/mol. The van der Waals surface area contributed by atoms with Crippen LogP contribution in [0.5, 0.6) is 0 Å². The molecule has 1 N–H and O–H groups in total. The second-order valence-electron chi connectivity index (χ2n) is 6.74. The van der Waals surface area contributed by atoms with Crippen LogP contribution >= 0.6 is 0 Å². The second-order valence-corrected chi connectivity index (χ2v) is 6.74. The van der Waals surface area contributed by atoms with E-state index < -0.39 is 4.92 Å². The molecule has 0 saturated carbocycles. The molecule has 9 nitrogen and oxygen atoms in total. The number of aromatic amines is 1. The molecule has 4 rings (SSSR count). The number of hydrogen-bond acceptors (Lipinski definition) is 6. The summed E-state index contributed by atoms with van der Waals surface area (Å²) in [4.78, 5) is 39.4. The molecule has 0 radical (unpaired) electrons. The van der Waals surface area contributed by atoms with Gasteiger partial charge < -0.3 is 4.90 Å².